The van der Waals surface area contributed by atoms with Crippen LogP contribution in [-0.4, -0.2) is 29.6 Å². The van der Waals surface area contributed by atoms with E-state index in [1.807, 2.05) is 0 Å². The van der Waals surface area contributed by atoms with Crippen molar-refractivity contribution in [1.82, 2.24) is 4.98 Å². The summed E-state index contributed by atoms with van der Waals surface area (Å²) in [7, 11) is 0. The van der Waals surface area contributed by atoms with E-state index in [9.17, 15) is 18.3 Å². The van der Waals surface area contributed by atoms with Gasteiger partial charge in [0, 0.05) is 19.4 Å². The maximum absolute atomic E-state index is 12.4. The molecule has 104 valence electrons. The van der Waals surface area contributed by atoms with Gasteiger partial charge in [0.25, 0.3) is 0 Å². The first-order chi connectivity index (χ1) is 8.40. The van der Waals surface area contributed by atoms with Gasteiger partial charge in [0.05, 0.1) is 4.88 Å². The Bertz CT molecular complexity index is 363. The Morgan fingerprint density at radius 3 is 2.28 bits per heavy atom. The number of aromatic nitrogens is 1. The highest BCUT2D eigenvalue weighted by molar-refractivity contribution is 7.11. The number of alkyl halides is 3. The topological polar surface area (TPSA) is 51.6 Å². The molecular weight excluding hydrogens is 271 g/mol. The van der Waals surface area contributed by atoms with Gasteiger partial charge in [-0.3, -0.25) is 0 Å². The Hall–Kier alpha value is -0.700. The third kappa shape index (κ3) is 3.91. The van der Waals surface area contributed by atoms with Crippen LogP contribution in [0.3, 0.4) is 0 Å². The van der Waals surface area contributed by atoms with Crippen molar-refractivity contribution < 1.29 is 27.8 Å². The Kier molecular flexibility index (Phi) is 5.51. The Balaban J connectivity index is 2.81. The van der Waals surface area contributed by atoms with Crippen molar-refractivity contribution in [3.8, 4) is 0 Å². The second-order valence-corrected chi connectivity index (χ2v) is 4.35. The lowest BCUT2D eigenvalue weighted by Crippen LogP contribution is -2.25. The molecule has 0 aliphatic rings. The minimum atomic E-state index is -4.50. The summed E-state index contributed by atoms with van der Waals surface area (Å²) < 4.78 is 47.3. The lowest BCUT2D eigenvalue weighted by Gasteiger charge is -2.21. The van der Waals surface area contributed by atoms with Gasteiger partial charge in [0.15, 0.2) is 11.3 Å². The molecule has 1 heterocycles. The Morgan fingerprint density at radius 2 is 1.89 bits per heavy atom. The van der Waals surface area contributed by atoms with Gasteiger partial charge in [-0.2, -0.15) is 13.2 Å². The summed E-state index contributed by atoms with van der Waals surface area (Å²) in [6, 6.07) is 0. The minimum Gasteiger partial charge on any atom is -0.382 e. The number of thiazole rings is 1. The van der Waals surface area contributed by atoms with Crippen LogP contribution < -0.4 is 0 Å². The fourth-order valence-corrected chi connectivity index (χ4v) is 2.03. The fraction of sp³-hybridized carbons (Fsp3) is 0.700. The predicted octanol–water partition coefficient (Wildman–Crippen LogP) is 2.59. The number of hydrogen-bond donors (Lipinski definition) is 1. The van der Waals surface area contributed by atoms with Gasteiger partial charge in [0.2, 0.25) is 0 Å². The zero-order chi connectivity index (χ0) is 13.8. The summed E-state index contributed by atoms with van der Waals surface area (Å²) in [6.07, 6.45) is -5.78. The summed E-state index contributed by atoms with van der Waals surface area (Å²) in [5.41, 5.74) is 0. The van der Waals surface area contributed by atoms with Gasteiger partial charge in [0.1, 0.15) is 6.10 Å². The molecule has 0 fully saturated rings. The Morgan fingerprint density at radius 1 is 1.33 bits per heavy atom. The van der Waals surface area contributed by atoms with E-state index in [-0.39, 0.29) is 18.1 Å². The standard InChI is InChI=1S/C10H14F3NO3S/c1-3-16-8(17-4-2)7(15)6-5-14-9(18-6)10(11,12)13/h5,7-8,15H,3-4H2,1-2H3. The molecule has 0 saturated heterocycles. The lowest BCUT2D eigenvalue weighted by atomic mass is 10.3. The van der Waals surface area contributed by atoms with Crippen LogP contribution in [0.4, 0.5) is 13.2 Å². The number of nitrogens with zero attached hydrogens (tertiary/aromatic N) is 1. The van der Waals surface area contributed by atoms with Crippen LogP contribution in [0.15, 0.2) is 6.20 Å². The molecule has 1 aromatic heterocycles. The second-order valence-electron chi connectivity index (χ2n) is 3.29. The maximum Gasteiger partial charge on any atom is 0.443 e. The first-order valence-electron chi connectivity index (χ1n) is 5.34. The summed E-state index contributed by atoms with van der Waals surface area (Å²) >= 11 is 0.382. The number of ether oxygens (including phenoxy) is 2. The molecule has 0 amide bonds. The van der Waals surface area contributed by atoms with Crippen molar-refractivity contribution in [2.45, 2.75) is 32.4 Å². The monoisotopic (exact) mass is 285 g/mol. The summed E-state index contributed by atoms with van der Waals surface area (Å²) in [6.45, 7) is 3.97. The molecule has 0 saturated carbocycles. The van der Waals surface area contributed by atoms with E-state index in [4.69, 9.17) is 9.47 Å². The van der Waals surface area contributed by atoms with E-state index in [0.29, 0.717) is 11.3 Å². The summed E-state index contributed by atoms with van der Waals surface area (Å²) in [5, 5.41) is 8.88. The molecule has 0 aliphatic carbocycles. The van der Waals surface area contributed by atoms with Crippen molar-refractivity contribution in [2.75, 3.05) is 13.2 Å². The molecule has 0 bridgehead atoms. The van der Waals surface area contributed by atoms with Gasteiger partial charge in [-0.1, -0.05) is 0 Å². The van der Waals surface area contributed by atoms with Crippen LogP contribution in [0.1, 0.15) is 29.8 Å². The normalized spacial score (nSPS) is 14.2. The molecule has 0 spiro atoms. The zero-order valence-electron chi connectivity index (χ0n) is 9.90. The van der Waals surface area contributed by atoms with E-state index in [1.54, 1.807) is 13.8 Å². The fourth-order valence-electron chi connectivity index (χ4n) is 1.25. The molecule has 1 atom stereocenters. The minimum absolute atomic E-state index is 0.0641. The number of halogens is 3. The first-order valence-corrected chi connectivity index (χ1v) is 6.16. The highest BCUT2D eigenvalue weighted by Gasteiger charge is 2.36. The van der Waals surface area contributed by atoms with Gasteiger partial charge in [-0.25, -0.2) is 4.98 Å². The van der Waals surface area contributed by atoms with Crippen LogP contribution in [-0.2, 0) is 15.7 Å². The second kappa shape index (κ2) is 6.46. The smallest absolute Gasteiger partial charge is 0.382 e. The third-order valence-electron chi connectivity index (χ3n) is 1.98. The number of hydrogen-bond acceptors (Lipinski definition) is 5. The van der Waals surface area contributed by atoms with Crippen molar-refractivity contribution in [2.24, 2.45) is 0 Å². The van der Waals surface area contributed by atoms with Crippen LogP contribution >= 0.6 is 11.3 Å². The van der Waals surface area contributed by atoms with Gasteiger partial charge >= 0.3 is 6.18 Å². The largest absolute Gasteiger partial charge is 0.443 e. The Labute approximate surface area is 106 Å². The molecule has 0 aliphatic heterocycles. The SMILES string of the molecule is CCOC(OCC)C(O)c1cnc(C(F)(F)F)s1. The molecule has 4 nitrogen and oxygen atoms in total. The van der Waals surface area contributed by atoms with Crippen LogP contribution in [0, 0.1) is 0 Å². The predicted molar refractivity (Wildman–Crippen MR) is 59.1 cm³/mol. The molecule has 0 radical (unpaired) electrons. The lowest BCUT2D eigenvalue weighted by molar-refractivity contribution is -0.190. The number of aliphatic hydroxyl groups is 1. The van der Waals surface area contributed by atoms with Crippen molar-refractivity contribution in [1.29, 1.82) is 0 Å². The molecule has 1 rings (SSSR count). The van der Waals surface area contributed by atoms with E-state index in [2.05, 4.69) is 4.98 Å². The molecule has 1 aromatic rings. The van der Waals surface area contributed by atoms with Gasteiger partial charge in [-0.05, 0) is 13.8 Å². The van der Waals surface area contributed by atoms with Crippen LogP contribution in [0.25, 0.3) is 0 Å². The van der Waals surface area contributed by atoms with E-state index >= 15 is 0 Å². The molecule has 8 heteroatoms. The van der Waals surface area contributed by atoms with Crippen LogP contribution in [0.2, 0.25) is 0 Å². The van der Waals surface area contributed by atoms with E-state index in [1.165, 1.54) is 0 Å². The van der Waals surface area contributed by atoms with Gasteiger partial charge in [-0.15, -0.1) is 11.3 Å². The third-order valence-corrected chi connectivity index (χ3v) is 3.09. The molecule has 0 aromatic carbocycles. The highest BCUT2D eigenvalue weighted by atomic mass is 32.1. The summed E-state index contributed by atoms with van der Waals surface area (Å²) in [5.74, 6) is 0. The molecule has 1 unspecified atom stereocenters. The van der Waals surface area contributed by atoms with E-state index < -0.39 is 23.6 Å². The molecule has 18 heavy (non-hydrogen) atoms. The quantitative estimate of drug-likeness (QED) is 0.816. The molecular formula is C10H14F3NO3S. The number of rotatable bonds is 6. The average molecular weight is 285 g/mol. The summed E-state index contributed by atoms with van der Waals surface area (Å²) in [4.78, 5) is 3.30. The van der Waals surface area contributed by atoms with Crippen molar-refractivity contribution >= 4 is 11.3 Å². The zero-order valence-corrected chi connectivity index (χ0v) is 10.7. The van der Waals surface area contributed by atoms with Gasteiger partial charge < -0.3 is 14.6 Å². The average Bonchev–Trinajstić information content (AvgIpc) is 2.76. The van der Waals surface area contributed by atoms with Crippen LogP contribution in [0.5, 0.6) is 0 Å². The highest BCUT2D eigenvalue weighted by Crippen LogP contribution is 2.35. The van der Waals surface area contributed by atoms with E-state index in [0.717, 1.165) is 6.20 Å². The maximum atomic E-state index is 12.4. The first kappa shape index (κ1) is 15.4. The number of aliphatic hydroxyl groups excluding tert-OH is 1. The molecule has 1 N–H and O–H groups in total. The van der Waals surface area contributed by atoms with Crippen molar-refractivity contribution in [3.05, 3.63) is 16.1 Å². The van der Waals surface area contributed by atoms with Crippen molar-refractivity contribution in [3.63, 3.8) is 0 Å².